The molecule has 2 aliphatic rings. The lowest BCUT2D eigenvalue weighted by molar-refractivity contribution is -0.157. The number of aliphatic hydroxyl groups is 1. The quantitative estimate of drug-likeness (QED) is 0.123. The van der Waals surface area contributed by atoms with Gasteiger partial charge in [-0.3, -0.25) is 38.5 Å². The van der Waals surface area contributed by atoms with Crippen molar-refractivity contribution in [3.63, 3.8) is 0 Å². The number of likely N-dealkylation sites (N-methyl/N-ethyl adjacent to an activating group) is 2. The van der Waals surface area contributed by atoms with E-state index in [1.54, 1.807) is 33.9 Å². The summed E-state index contributed by atoms with van der Waals surface area (Å²) in [5.74, 6) is -4.43. The molecule has 0 saturated carbocycles. The lowest BCUT2D eigenvalue weighted by Crippen LogP contribution is -2.62. The van der Waals surface area contributed by atoms with E-state index in [2.05, 4.69) is 12.2 Å². The zero-order chi connectivity index (χ0) is 38.7. The van der Waals surface area contributed by atoms with Crippen molar-refractivity contribution >= 4 is 41.4 Å². The SMILES string of the molecule is CCCCCCCC(=O)N(C)[C@@H](CC(C)C)C(=O)N[C@H](C(=O)N(C)[C@H](C(=O)N1C[C@@H](O)C[C@H]1C(=O)N1C(=O)C=C[C@@H]1C)C(C)C)C(C)OC(C)=O. The molecule has 1 fully saturated rings. The number of nitrogens with zero attached hydrogens (tertiary/aromatic N) is 4. The van der Waals surface area contributed by atoms with Crippen LogP contribution in [0.4, 0.5) is 0 Å². The number of amides is 6. The number of carbonyl (C=O) groups is 7. The van der Waals surface area contributed by atoms with Crippen LogP contribution in [0, 0.1) is 11.8 Å². The molecule has 0 aromatic rings. The molecule has 0 aromatic carbocycles. The highest BCUT2D eigenvalue weighted by Crippen LogP contribution is 2.27. The predicted octanol–water partition coefficient (Wildman–Crippen LogP) is 2.41. The summed E-state index contributed by atoms with van der Waals surface area (Å²) in [5, 5.41) is 13.3. The zero-order valence-electron chi connectivity index (χ0n) is 32.2. The van der Waals surface area contributed by atoms with Gasteiger partial charge in [-0.15, -0.1) is 0 Å². The Morgan fingerprint density at radius 2 is 1.63 bits per heavy atom. The van der Waals surface area contributed by atoms with E-state index < -0.39 is 83.8 Å². The van der Waals surface area contributed by atoms with Crippen LogP contribution >= 0.6 is 0 Å². The monoisotopic (exact) mass is 719 g/mol. The summed E-state index contributed by atoms with van der Waals surface area (Å²) < 4.78 is 5.38. The number of unbranched alkanes of at least 4 members (excludes halogenated alkanes) is 4. The Morgan fingerprint density at radius 3 is 2.16 bits per heavy atom. The molecule has 1 saturated heterocycles. The predicted molar refractivity (Wildman–Crippen MR) is 191 cm³/mol. The van der Waals surface area contributed by atoms with E-state index in [4.69, 9.17) is 4.74 Å². The number of nitrogens with one attached hydrogen (secondary N) is 1. The number of hydrogen-bond donors (Lipinski definition) is 2. The van der Waals surface area contributed by atoms with Crippen LogP contribution in [-0.2, 0) is 38.3 Å². The van der Waals surface area contributed by atoms with Crippen molar-refractivity contribution < 1.29 is 43.4 Å². The number of esters is 1. The van der Waals surface area contributed by atoms with Crippen LogP contribution in [0.5, 0.6) is 0 Å². The van der Waals surface area contributed by atoms with Gasteiger partial charge in [0.15, 0.2) is 0 Å². The summed E-state index contributed by atoms with van der Waals surface area (Å²) in [6, 6.07) is -5.14. The Hall–Kier alpha value is -3.81. The molecule has 0 spiro atoms. The van der Waals surface area contributed by atoms with Crippen LogP contribution < -0.4 is 5.32 Å². The first kappa shape index (κ1) is 43.4. The molecule has 7 atom stereocenters. The minimum Gasteiger partial charge on any atom is -0.460 e. The Labute approximate surface area is 303 Å². The number of β-amino-alcohol motifs (C(OH)–C–C–N with tert-alkyl or cyclic N) is 1. The van der Waals surface area contributed by atoms with Crippen LogP contribution in [-0.4, -0.2) is 129 Å². The number of likely N-dealkylation sites (tertiary alicyclic amines) is 1. The van der Waals surface area contributed by atoms with E-state index in [1.807, 2.05) is 13.8 Å². The second-order valence-corrected chi connectivity index (χ2v) is 14.8. The van der Waals surface area contributed by atoms with Gasteiger partial charge in [0.05, 0.1) is 12.1 Å². The summed E-state index contributed by atoms with van der Waals surface area (Å²) >= 11 is 0. The molecule has 2 aliphatic heterocycles. The highest BCUT2D eigenvalue weighted by atomic mass is 16.5. The molecule has 288 valence electrons. The van der Waals surface area contributed by atoms with E-state index in [1.165, 1.54) is 36.8 Å². The molecule has 1 unspecified atom stereocenters. The third-order valence-electron chi connectivity index (χ3n) is 9.63. The van der Waals surface area contributed by atoms with Gasteiger partial charge in [-0.1, -0.05) is 66.4 Å². The number of ether oxygens (including phenoxy) is 1. The smallest absolute Gasteiger partial charge is 0.302 e. The standard InChI is InChI=1S/C37H61N5O9/c1-11-12-13-14-15-16-30(45)39(9)28(19-22(2)3)34(47)38-32(25(7)51-26(8)43)36(49)40(10)33(23(4)5)37(50)41-21-27(44)20-29(41)35(48)42-24(6)17-18-31(42)46/h17-18,22-25,27-29,32-33,44H,11-16,19-21H2,1-10H3,(H,38,47)/t24-,25?,27-,28-,29-,32-,33-/m0/s1. The normalized spacial score (nSPS) is 21.0. The molecule has 14 heteroatoms. The van der Waals surface area contributed by atoms with E-state index in [9.17, 15) is 38.7 Å². The topological polar surface area (TPSA) is 174 Å². The van der Waals surface area contributed by atoms with Crippen molar-refractivity contribution in [2.45, 2.75) is 149 Å². The Balaban J connectivity index is 2.38. The first-order chi connectivity index (χ1) is 23.8. The largest absolute Gasteiger partial charge is 0.460 e. The van der Waals surface area contributed by atoms with Gasteiger partial charge >= 0.3 is 5.97 Å². The van der Waals surface area contributed by atoms with Gasteiger partial charge in [0.1, 0.15) is 30.3 Å². The molecule has 0 aromatic heterocycles. The zero-order valence-corrected chi connectivity index (χ0v) is 32.2. The van der Waals surface area contributed by atoms with Crippen molar-refractivity contribution in [2.75, 3.05) is 20.6 Å². The lowest BCUT2D eigenvalue weighted by atomic mass is 9.98. The molecule has 2 heterocycles. The third kappa shape index (κ3) is 11.6. The van der Waals surface area contributed by atoms with Crippen molar-refractivity contribution in [3.05, 3.63) is 12.2 Å². The van der Waals surface area contributed by atoms with Gasteiger partial charge in [-0.05, 0) is 38.5 Å². The second-order valence-electron chi connectivity index (χ2n) is 14.8. The summed E-state index contributed by atoms with van der Waals surface area (Å²) in [6.07, 6.45) is 6.01. The minimum atomic E-state index is -1.43. The molecule has 0 radical (unpaired) electrons. The average Bonchev–Trinajstić information content (AvgIpc) is 3.61. The van der Waals surface area contributed by atoms with E-state index in [0.29, 0.717) is 12.8 Å². The number of imide groups is 1. The Kier molecular flexibility index (Phi) is 16.7. The lowest BCUT2D eigenvalue weighted by Gasteiger charge is -2.38. The maximum Gasteiger partial charge on any atom is 0.302 e. The van der Waals surface area contributed by atoms with Crippen molar-refractivity contribution in [2.24, 2.45) is 11.8 Å². The molecule has 0 aliphatic carbocycles. The minimum absolute atomic E-state index is 0.0207. The van der Waals surface area contributed by atoms with Crippen LogP contribution in [0.3, 0.4) is 0 Å². The fraction of sp³-hybridized carbons (Fsp3) is 0.757. The van der Waals surface area contributed by atoms with Crippen molar-refractivity contribution in [3.8, 4) is 0 Å². The summed E-state index contributed by atoms with van der Waals surface area (Å²) in [7, 11) is 2.96. The average molecular weight is 720 g/mol. The van der Waals surface area contributed by atoms with Crippen LogP contribution in [0.15, 0.2) is 12.2 Å². The fourth-order valence-electron chi connectivity index (χ4n) is 6.85. The molecular weight excluding hydrogens is 658 g/mol. The summed E-state index contributed by atoms with van der Waals surface area (Å²) in [4.78, 5) is 98.6. The second kappa shape index (κ2) is 19.7. The number of rotatable bonds is 18. The molecule has 0 bridgehead atoms. The Morgan fingerprint density at radius 1 is 1.00 bits per heavy atom. The van der Waals surface area contributed by atoms with E-state index >= 15 is 0 Å². The molecule has 2 N–H and O–H groups in total. The highest BCUT2D eigenvalue weighted by molar-refractivity contribution is 6.06. The number of aliphatic hydroxyl groups excluding tert-OH is 1. The molecule has 2 rings (SSSR count). The van der Waals surface area contributed by atoms with Gasteiger partial charge in [0, 0.05) is 46.5 Å². The van der Waals surface area contributed by atoms with Crippen LogP contribution in [0.2, 0.25) is 0 Å². The number of carbonyl (C=O) groups excluding carboxylic acids is 7. The first-order valence-electron chi connectivity index (χ1n) is 18.4. The summed E-state index contributed by atoms with van der Waals surface area (Å²) in [6.45, 7) is 13.5. The maximum absolute atomic E-state index is 14.3. The van der Waals surface area contributed by atoms with Gasteiger partial charge in [-0.25, -0.2) is 0 Å². The third-order valence-corrected chi connectivity index (χ3v) is 9.63. The van der Waals surface area contributed by atoms with E-state index in [-0.39, 0.29) is 31.2 Å². The summed E-state index contributed by atoms with van der Waals surface area (Å²) in [5.41, 5.74) is 0. The van der Waals surface area contributed by atoms with Crippen molar-refractivity contribution in [1.82, 2.24) is 24.9 Å². The van der Waals surface area contributed by atoms with Crippen molar-refractivity contribution in [1.29, 1.82) is 0 Å². The first-order valence-corrected chi connectivity index (χ1v) is 18.4. The van der Waals surface area contributed by atoms with Gasteiger partial charge < -0.3 is 29.9 Å². The van der Waals surface area contributed by atoms with Gasteiger partial charge in [0.2, 0.25) is 23.6 Å². The molecular formula is C37H61N5O9. The molecule has 51 heavy (non-hydrogen) atoms. The molecule has 14 nitrogen and oxygen atoms in total. The van der Waals surface area contributed by atoms with Crippen LogP contribution in [0.1, 0.15) is 107 Å². The maximum atomic E-state index is 14.3. The highest BCUT2D eigenvalue weighted by Gasteiger charge is 2.47. The number of hydrogen-bond acceptors (Lipinski definition) is 9. The fourth-order valence-corrected chi connectivity index (χ4v) is 6.85. The Bertz CT molecular complexity index is 1300. The van der Waals surface area contributed by atoms with Crippen LogP contribution in [0.25, 0.3) is 0 Å². The molecule has 6 amide bonds. The van der Waals surface area contributed by atoms with Gasteiger partial charge in [0.25, 0.3) is 11.8 Å². The van der Waals surface area contributed by atoms with E-state index in [0.717, 1.165) is 35.5 Å². The van der Waals surface area contributed by atoms with Gasteiger partial charge in [-0.2, -0.15) is 0 Å².